The predicted octanol–water partition coefficient (Wildman–Crippen LogP) is 14.6. The van der Waals surface area contributed by atoms with Gasteiger partial charge in [0.2, 0.25) is 5.91 Å². The first-order valence-corrected chi connectivity index (χ1v) is 29.5. The van der Waals surface area contributed by atoms with E-state index in [-0.39, 0.29) is 12.5 Å². The fourth-order valence-electron chi connectivity index (χ4n) is 9.61. The van der Waals surface area contributed by atoms with E-state index < -0.39 is 49.5 Å². The number of amides is 1. The van der Waals surface area contributed by atoms with E-state index in [9.17, 15) is 30.3 Å². The van der Waals surface area contributed by atoms with Gasteiger partial charge in [0, 0.05) is 6.42 Å². The molecular weight excluding hydrogens is 851 g/mol. The standard InChI is InChI=1S/C59H113NO8/c1-3-5-7-9-11-13-15-17-19-21-23-24-25-26-27-28-29-30-31-33-35-37-39-41-43-45-47-49-55(63)60-52(51-67-59-58(66)57(65)56(64)54(50-61)68-59)53(62)48-46-44-42-40-38-36-34-32-22-20-18-16-14-12-10-8-6-4-2/h23-24,26-27,52-54,56-59,61-62,64-66H,3-22,25,28-51H2,1-2H3,(H,60,63)/b24-23-,27-26-. The number of rotatable bonds is 51. The number of carbonyl (C=O) groups excluding carboxylic acids is 1. The maximum atomic E-state index is 13.1. The quantitative estimate of drug-likeness (QED) is 0.0261. The third-order valence-electron chi connectivity index (χ3n) is 14.3. The van der Waals surface area contributed by atoms with Crippen LogP contribution in [-0.4, -0.2) is 87.5 Å². The molecule has 0 aliphatic carbocycles. The Hall–Kier alpha value is -1.33. The van der Waals surface area contributed by atoms with Crippen molar-refractivity contribution in [1.29, 1.82) is 0 Å². The normalized spacial score (nSPS) is 19.7. The first kappa shape index (κ1) is 64.7. The summed E-state index contributed by atoms with van der Waals surface area (Å²) in [6.07, 6.45) is 54.9. The molecule has 0 bridgehead atoms. The zero-order valence-corrected chi connectivity index (χ0v) is 44.6. The topological polar surface area (TPSA) is 149 Å². The third kappa shape index (κ3) is 38.4. The van der Waals surface area contributed by atoms with Crippen LogP contribution in [-0.2, 0) is 14.3 Å². The Morgan fingerprint density at radius 3 is 1.26 bits per heavy atom. The van der Waals surface area contributed by atoms with Gasteiger partial charge in [0.1, 0.15) is 24.4 Å². The molecule has 1 saturated heterocycles. The Morgan fingerprint density at radius 2 is 0.868 bits per heavy atom. The summed E-state index contributed by atoms with van der Waals surface area (Å²) in [6, 6.07) is -0.719. The lowest BCUT2D eigenvalue weighted by molar-refractivity contribution is -0.302. The zero-order valence-electron chi connectivity index (χ0n) is 44.6. The molecule has 6 N–H and O–H groups in total. The van der Waals surface area contributed by atoms with Gasteiger partial charge in [-0.25, -0.2) is 0 Å². The number of ether oxygens (including phenoxy) is 2. The van der Waals surface area contributed by atoms with E-state index >= 15 is 0 Å². The monoisotopic (exact) mass is 964 g/mol. The van der Waals surface area contributed by atoms with Crippen LogP contribution < -0.4 is 5.32 Å². The molecule has 9 nitrogen and oxygen atoms in total. The maximum Gasteiger partial charge on any atom is 0.220 e. The smallest absolute Gasteiger partial charge is 0.220 e. The fraction of sp³-hybridized carbons (Fsp3) is 0.915. The Balaban J connectivity index is 2.18. The summed E-state index contributed by atoms with van der Waals surface area (Å²) in [4.78, 5) is 13.1. The molecule has 0 aromatic rings. The second-order valence-corrected chi connectivity index (χ2v) is 20.8. The van der Waals surface area contributed by atoms with E-state index in [2.05, 4.69) is 43.5 Å². The number of hydrogen-bond donors (Lipinski definition) is 6. The van der Waals surface area contributed by atoms with Gasteiger partial charge in [-0.05, 0) is 44.9 Å². The van der Waals surface area contributed by atoms with Crippen molar-refractivity contribution in [3.8, 4) is 0 Å². The van der Waals surface area contributed by atoms with Crippen molar-refractivity contribution in [2.24, 2.45) is 0 Å². The molecule has 0 spiro atoms. The van der Waals surface area contributed by atoms with Crippen molar-refractivity contribution in [3.63, 3.8) is 0 Å². The Labute approximate surface area is 419 Å². The number of nitrogens with one attached hydrogen (secondary N) is 1. The molecule has 1 fully saturated rings. The highest BCUT2D eigenvalue weighted by Crippen LogP contribution is 2.23. The van der Waals surface area contributed by atoms with Crippen molar-refractivity contribution >= 4 is 5.91 Å². The van der Waals surface area contributed by atoms with Gasteiger partial charge in [-0.1, -0.05) is 263 Å². The van der Waals surface area contributed by atoms with Crippen LogP contribution in [0.2, 0.25) is 0 Å². The number of aliphatic hydroxyl groups excluding tert-OH is 5. The van der Waals surface area contributed by atoms with Crippen molar-refractivity contribution < 1.29 is 39.8 Å². The van der Waals surface area contributed by atoms with Crippen LogP contribution in [0.4, 0.5) is 0 Å². The van der Waals surface area contributed by atoms with Crippen LogP contribution in [0.25, 0.3) is 0 Å². The molecule has 68 heavy (non-hydrogen) atoms. The van der Waals surface area contributed by atoms with Crippen molar-refractivity contribution in [2.45, 2.75) is 333 Å². The minimum atomic E-state index is -1.55. The molecule has 1 aliphatic heterocycles. The summed E-state index contributed by atoms with van der Waals surface area (Å²) in [6.45, 7) is 3.87. The third-order valence-corrected chi connectivity index (χ3v) is 14.3. The van der Waals surface area contributed by atoms with E-state index in [1.165, 1.54) is 218 Å². The molecule has 402 valence electrons. The molecule has 0 saturated carbocycles. The van der Waals surface area contributed by atoms with Crippen LogP contribution in [0.5, 0.6) is 0 Å². The number of unbranched alkanes of at least 4 members (excludes halogenated alkanes) is 37. The molecule has 1 amide bonds. The molecule has 1 rings (SSSR count). The minimum Gasteiger partial charge on any atom is -0.394 e. The van der Waals surface area contributed by atoms with E-state index in [0.29, 0.717) is 12.8 Å². The van der Waals surface area contributed by atoms with E-state index in [0.717, 1.165) is 44.9 Å². The summed E-state index contributed by atoms with van der Waals surface area (Å²) in [7, 11) is 0. The van der Waals surface area contributed by atoms with E-state index in [1.54, 1.807) is 0 Å². The molecular formula is C59H113NO8. The second kappa shape index (κ2) is 49.3. The lowest BCUT2D eigenvalue weighted by Crippen LogP contribution is -2.60. The highest BCUT2D eigenvalue weighted by atomic mass is 16.7. The molecule has 0 aromatic carbocycles. The van der Waals surface area contributed by atoms with Gasteiger partial charge >= 0.3 is 0 Å². The molecule has 0 aromatic heterocycles. The molecule has 1 aliphatic rings. The van der Waals surface area contributed by atoms with Gasteiger partial charge in [-0.15, -0.1) is 0 Å². The highest BCUT2D eigenvalue weighted by molar-refractivity contribution is 5.76. The first-order valence-electron chi connectivity index (χ1n) is 29.5. The van der Waals surface area contributed by atoms with Crippen LogP contribution in [0.1, 0.15) is 290 Å². The summed E-state index contributed by atoms with van der Waals surface area (Å²) in [5.41, 5.74) is 0. The van der Waals surface area contributed by atoms with Crippen LogP contribution in [0.15, 0.2) is 24.3 Å². The largest absolute Gasteiger partial charge is 0.394 e. The molecule has 7 unspecified atom stereocenters. The predicted molar refractivity (Wildman–Crippen MR) is 286 cm³/mol. The summed E-state index contributed by atoms with van der Waals surface area (Å²) in [5, 5.41) is 54.7. The average molecular weight is 965 g/mol. The van der Waals surface area contributed by atoms with Gasteiger partial charge in [0.15, 0.2) is 6.29 Å². The van der Waals surface area contributed by atoms with E-state index in [4.69, 9.17) is 9.47 Å². The van der Waals surface area contributed by atoms with Crippen molar-refractivity contribution in [1.82, 2.24) is 5.32 Å². The first-order chi connectivity index (χ1) is 33.3. The Morgan fingerprint density at radius 1 is 0.500 bits per heavy atom. The summed E-state index contributed by atoms with van der Waals surface area (Å²) < 4.78 is 11.3. The number of carbonyl (C=O) groups is 1. The average Bonchev–Trinajstić information content (AvgIpc) is 3.34. The van der Waals surface area contributed by atoms with Gasteiger partial charge in [0.25, 0.3) is 0 Å². The zero-order chi connectivity index (χ0) is 49.4. The molecule has 9 heteroatoms. The second-order valence-electron chi connectivity index (χ2n) is 20.8. The van der Waals surface area contributed by atoms with Crippen molar-refractivity contribution in [3.05, 3.63) is 24.3 Å². The van der Waals surface area contributed by atoms with Crippen LogP contribution >= 0.6 is 0 Å². The number of aliphatic hydroxyl groups is 5. The van der Waals surface area contributed by atoms with Gasteiger partial charge < -0.3 is 40.3 Å². The van der Waals surface area contributed by atoms with Gasteiger partial charge in [-0.3, -0.25) is 4.79 Å². The van der Waals surface area contributed by atoms with Gasteiger partial charge in [0.05, 0.1) is 25.4 Å². The van der Waals surface area contributed by atoms with Gasteiger partial charge in [-0.2, -0.15) is 0 Å². The number of hydrogen-bond acceptors (Lipinski definition) is 8. The fourth-order valence-corrected chi connectivity index (χ4v) is 9.61. The van der Waals surface area contributed by atoms with Crippen LogP contribution in [0, 0.1) is 0 Å². The minimum absolute atomic E-state index is 0.136. The maximum absolute atomic E-state index is 13.1. The SMILES string of the molecule is CCCCCCCCCCC/C=C\C/C=C\CCCCCCCCCCCCCC(=O)NC(COC1OC(CO)C(O)C(O)C1O)C(O)CCCCCCCCCCCCCCCCCCCC. The van der Waals surface area contributed by atoms with Crippen LogP contribution in [0.3, 0.4) is 0 Å². The Bertz CT molecular complexity index is 1120. The Kier molecular flexibility index (Phi) is 46.9. The summed E-state index contributed by atoms with van der Waals surface area (Å²) >= 11 is 0. The molecule has 1 heterocycles. The lowest BCUT2D eigenvalue weighted by Gasteiger charge is -2.40. The number of allylic oxidation sites excluding steroid dienone is 4. The lowest BCUT2D eigenvalue weighted by atomic mass is 9.99. The van der Waals surface area contributed by atoms with E-state index in [1.807, 2.05) is 0 Å². The van der Waals surface area contributed by atoms with Crippen molar-refractivity contribution in [2.75, 3.05) is 13.2 Å². The highest BCUT2D eigenvalue weighted by Gasteiger charge is 2.44. The molecule has 0 radical (unpaired) electrons. The molecule has 7 atom stereocenters. The summed E-state index contributed by atoms with van der Waals surface area (Å²) in [5.74, 6) is -0.142.